The van der Waals surface area contributed by atoms with Crippen molar-refractivity contribution in [1.29, 1.82) is 0 Å². The molecule has 0 radical (unpaired) electrons. The third kappa shape index (κ3) is 2.22. The normalized spacial score (nSPS) is 20.9. The zero-order valence-corrected chi connectivity index (χ0v) is 13.2. The number of carbonyl (C=O) groups is 2. The second kappa shape index (κ2) is 5.16. The summed E-state index contributed by atoms with van der Waals surface area (Å²) in [5.41, 5.74) is -1.62. The molecule has 0 saturated carbocycles. The molecule has 1 aromatic rings. The van der Waals surface area contributed by atoms with Crippen LogP contribution in [0.25, 0.3) is 0 Å². The summed E-state index contributed by atoms with van der Waals surface area (Å²) in [6.45, 7) is 7.79. The molecule has 1 N–H and O–H groups in total. The Morgan fingerprint density at radius 2 is 1.95 bits per heavy atom. The van der Waals surface area contributed by atoms with Crippen molar-refractivity contribution in [2.24, 2.45) is 0 Å². The van der Waals surface area contributed by atoms with Crippen molar-refractivity contribution in [1.82, 2.24) is 15.2 Å². The van der Waals surface area contributed by atoms with E-state index in [1.54, 1.807) is 24.9 Å². The zero-order chi connectivity index (χ0) is 15.0. The molecule has 0 aromatic carbocycles. The molecule has 110 valence electrons. The van der Waals surface area contributed by atoms with E-state index in [0.717, 1.165) is 5.01 Å². The average Bonchev–Trinajstić information content (AvgIpc) is 2.89. The van der Waals surface area contributed by atoms with Crippen molar-refractivity contribution in [3.63, 3.8) is 0 Å². The fourth-order valence-electron chi connectivity index (χ4n) is 2.75. The lowest BCUT2D eigenvalue weighted by Gasteiger charge is -2.50. The Bertz CT molecular complexity index is 506. The lowest BCUT2D eigenvalue weighted by atomic mass is 9.83. The number of hydrogen-bond donors (Lipinski definition) is 1. The van der Waals surface area contributed by atoms with Crippen LogP contribution in [-0.4, -0.2) is 32.8 Å². The van der Waals surface area contributed by atoms with Crippen LogP contribution in [0.3, 0.4) is 0 Å². The van der Waals surface area contributed by atoms with Crippen LogP contribution in [0.2, 0.25) is 0 Å². The van der Waals surface area contributed by atoms with Gasteiger partial charge in [0, 0.05) is 11.6 Å². The van der Waals surface area contributed by atoms with Gasteiger partial charge in [0.15, 0.2) is 0 Å². The van der Waals surface area contributed by atoms with Gasteiger partial charge in [-0.05, 0) is 26.7 Å². The van der Waals surface area contributed by atoms with Gasteiger partial charge in [-0.2, -0.15) is 0 Å². The Labute approximate surface area is 123 Å². The molecule has 1 saturated heterocycles. The quantitative estimate of drug-likeness (QED) is 0.923. The van der Waals surface area contributed by atoms with Crippen LogP contribution in [0, 0.1) is 0 Å². The van der Waals surface area contributed by atoms with E-state index in [0.29, 0.717) is 19.4 Å². The van der Waals surface area contributed by atoms with E-state index in [1.165, 1.54) is 11.3 Å². The molecule has 0 aliphatic carbocycles. The molecule has 2 amide bonds. The lowest BCUT2D eigenvalue weighted by molar-refractivity contribution is -0.163. The summed E-state index contributed by atoms with van der Waals surface area (Å²) in [4.78, 5) is 31.3. The van der Waals surface area contributed by atoms with E-state index in [1.807, 2.05) is 19.2 Å². The predicted octanol–water partition coefficient (Wildman–Crippen LogP) is 1.94. The topological polar surface area (TPSA) is 62.3 Å². The molecule has 0 bridgehead atoms. The Morgan fingerprint density at radius 3 is 2.45 bits per heavy atom. The molecule has 1 aliphatic rings. The summed E-state index contributed by atoms with van der Waals surface area (Å²) < 4.78 is 0. The van der Waals surface area contributed by atoms with Crippen molar-refractivity contribution < 1.29 is 9.59 Å². The molecule has 20 heavy (non-hydrogen) atoms. The van der Waals surface area contributed by atoms with Gasteiger partial charge in [-0.1, -0.05) is 13.8 Å². The highest BCUT2D eigenvalue weighted by atomic mass is 32.1. The first kappa shape index (κ1) is 15.0. The second-order valence-corrected chi connectivity index (χ2v) is 6.61. The Balaban J connectivity index is 2.43. The average molecular weight is 295 g/mol. The van der Waals surface area contributed by atoms with Crippen molar-refractivity contribution in [2.45, 2.75) is 58.2 Å². The maximum atomic E-state index is 12.7. The number of nitrogens with zero attached hydrogens (tertiary/aromatic N) is 2. The number of hydrogen-bond acceptors (Lipinski definition) is 4. The van der Waals surface area contributed by atoms with Gasteiger partial charge in [-0.15, -0.1) is 11.3 Å². The van der Waals surface area contributed by atoms with Gasteiger partial charge in [0.25, 0.3) is 0 Å². The van der Waals surface area contributed by atoms with Crippen molar-refractivity contribution in [3.05, 3.63) is 16.6 Å². The molecule has 1 fully saturated rings. The van der Waals surface area contributed by atoms with Gasteiger partial charge >= 0.3 is 0 Å². The molecule has 0 spiro atoms. The van der Waals surface area contributed by atoms with Gasteiger partial charge in [0.2, 0.25) is 11.8 Å². The molecule has 0 unspecified atom stereocenters. The first-order valence-corrected chi connectivity index (χ1v) is 7.78. The number of carbonyl (C=O) groups excluding carboxylic acids is 2. The molecular formula is C14H21N3O2S. The molecule has 1 aromatic heterocycles. The van der Waals surface area contributed by atoms with Crippen molar-refractivity contribution in [3.8, 4) is 0 Å². The van der Waals surface area contributed by atoms with E-state index in [-0.39, 0.29) is 11.8 Å². The summed E-state index contributed by atoms with van der Waals surface area (Å²) in [6, 6.07) is 0. The van der Waals surface area contributed by atoms with Crippen LogP contribution in [-0.2, 0) is 16.1 Å². The van der Waals surface area contributed by atoms with Gasteiger partial charge in [0.1, 0.15) is 16.1 Å². The maximum absolute atomic E-state index is 12.7. The lowest BCUT2D eigenvalue weighted by Crippen LogP contribution is -2.73. The minimum atomic E-state index is -0.859. The number of aromatic nitrogens is 1. The first-order valence-electron chi connectivity index (χ1n) is 6.90. The summed E-state index contributed by atoms with van der Waals surface area (Å²) in [5, 5.41) is 5.60. The molecule has 6 heteroatoms. The highest BCUT2D eigenvalue weighted by Gasteiger charge is 2.53. The SMILES string of the molecule is CCC1(CC)C(=O)NC(C)(C)C(=O)N1Cc1nccs1. The summed E-state index contributed by atoms with van der Waals surface area (Å²) in [5.74, 6) is -0.111. The number of rotatable bonds is 4. The van der Waals surface area contributed by atoms with Gasteiger partial charge < -0.3 is 10.2 Å². The molecule has 0 atom stereocenters. The van der Waals surface area contributed by atoms with E-state index in [4.69, 9.17) is 0 Å². The molecule has 2 rings (SSSR count). The molecule has 5 nitrogen and oxygen atoms in total. The van der Waals surface area contributed by atoms with Crippen LogP contribution in [0.4, 0.5) is 0 Å². The molecule has 1 aliphatic heterocycles. The first-order chi connectivity index (χ1) is 9.37. The van der Waals surface area contributed by atoms with Gasteiger partial charge in [-0.25, -0.2) is 4.98 Å². The minimum absolute atomic E-state index is 0.0454. The molecular weight excluding hydrogens is 274 g/mol. The minimum Gasteiger partial charge on any atom is -0.340 e. The van der Waals surface area contributed by atoms with Crippen LogP contribution >= 0.6 is 11.3 Å². The fraction of sp³-hybridized carbons (Fsp3) is 0.643. The van der Waals surface area contributed by atoms with Crippen LogP contribution in [0.5, 0.6) is 0 Å². The summed E-state index contributed by atoms with van der Waals surface area (Å²) in [7, 11) is 0. The van der Waals surface area contributed by atoms with Crippen LogP contribution in [0.15, 0.2) is 11.6 Å². The van der Waals surface area contributed by atoms with E-state index in [9.17, 15) is 9.59 Å². The molecule has 2 heterocycles. The van der Waals surface area contributed by atoms with Crippen LogP contribution in [0.1, 0.15) is 45.5 Å². The van der Waals surface area contributed by atoms with Crippen molar-refractivity contribution >= 4 is 23.2 Å². The largest absolute Gasteiger partial charge is 0.340 e. The highest BCUT2D eigenvalue weighted by molar-refractivity contribution is 7.09. The number of nitrogens with one attached hydrogen (secondary N) is 1. The fourth-order valence-corrected chi connectivity index (χ4v) is 3.35. The number of thiazole rings is 1. The van der Waals surface area contributed by atoms with E-state index >= 15 is 0 Å². The van der Waals surface area contributed by atoms with Gasteiger partial charge in [0.05, 0.1) is 6.54 Å². The maximum Gasteiger partial charge on any atom is 0.249 e. The third-order valence-electron chi connectivity index (χ3n) is 4.09. The predicted molar refractivity (Wildman–Crippen MR) is 78.2 cm³/mol. The third-order valence-corrected chi connectivity index (χ3v) is 4.86. The Kier molecular flexibility index (Phi) is 3.86. The highest BCUT2D eigenvalue weighted by Crippen LogP contribution is 2.33. The zero-order valence-electron chi connectivity index (χ0n) is 12.4. The van der Waals surface area contributed by atoms with Gasteiger partial charge in [-0.3, -0.25) is 9.59 Å². The van der Waals surface area contributed by atoms with E-state index in [2.05, 4.69) is 10.3 Å². The Morgan fingerprint density at radius 1 is 1.30 bits per heavy atom. The Hall–Kier alpha value is -1.43. The van der Waals surface area contributed by atoms with Crippen molar-refractivity contribution in [2.75, 3.05) is 0 Å². The number of amides is 2. The standard InChI is InChI=1S/C14H21N3O2S/c1-5-14(6-2)11(18)16-13(3,4)12(19)17(14)9-10-15-7-8-20-10/h7-8H,5-6,9H2,1-4H3,(H,16,18). The number of piperazine rings is 1. The summed E-state index contributed by atoms with van der Waals surface area (Å²) >= 11 is 1.50. The van der Waals surface area contributed by atoms with E-state index < -0.39 is 11.1 Å². The smallest absolute Gasteiger partial charge is 0.249 e. The monoisotopic (exact) mass is 295 g/mol. The summed E-state index contributed by atoms with van der Waals surface area (Å²) in [6.07, 6.45) is 2.92. The second-order valence-electron chi connectivity index (χ2n) is 5.63. The van der Waals surface area contributed by atoms with Crippen LogP contribution < -0.4 is 5.32 Å².